The fourth-order valence-corrected chi connectivity index (χ4v) is 0.751. The maximum Gasteiger partial charge on any atom is 0.273 e. The molecule has 0 spiro atoms. The van der Waals surface area contributed by atoms with Gasteiger partial charge in [-0.15, -0.1) is 0 Å². The molecule has 0 radical (unpaired) electrons. The van der Waals surface area contributed by atoms with E-state index in [2.05, 4.69) is 15.3 Å². The third-order valence-electron chi connectivity index (χ3n) is 1.45. The number of carbonyl (C=O) groups is 1. The van der Waals surface area contributed by atoms with Gasteiger partial charge in [0.15, 0.2) is 11.4 Å². The standard InChI is InChI=1S/C7H9N3O2/c1-4-6(11)5(7(12)8-2)10-3-9-4/h3,11H,1-2H3,(H,8,12). The Hall–Kier alpha value is -1.65. The molecule has 0 aromatic carbocycles. The lowest BCUT2D eigenvalue weighted by molar-refractivity contribution is 0.0954. The number of hydrogen-bond acceptors (Lipinski definition) is 4. The van der Waals surface area contributed by atoms with Crippen molar-refractivity contribution in [1.82, 2.24) is 15.3 Å². The summed E-state index contributed by atoms with van der Waals surface area (Å²) in [5, 5.41) is 11.7. The summed E-state index contributed by atoms with van der Waals surface area (Å²) in [5.74, 6) is -0.588. The lowest BCUT2D eigenvalue weighted by Crippen LogP contribution is -2.19. The first-order valence-electron chi connectivity index (χ1n) is 3.39. The van der Waals surface area contributed by atoms with Crippen LogP contribution in [0.5, 0.6) is 5.75 Å². The van der Waals surface area contributed by atoms with E-state index >= 15 is 0 Å². The van der Waals surface area contributed by atoms with E-state index in [-0.39, 0.29) is 11.4 Å². The molecule has 1 amide bonds. The van der Waals surface area contributed by atoms with Crippen molar-refractivity contribution in [3.63, 3.8) is 0 Å². The summed E-state index contributed by atoms with van der Waals surface area (Å²) in [7, 11) is 1.47. The Balaban J connectivity index is 3.16. The molecule has 0 fully saturated rings. The van der Waals surface area contributed by atoms with E-state index in [1.165, 1.54) is 13.4 Å². The van der Waals surface area contributed by atoms with Crippen LogP contribution in [0.1, 0.15) is 16.2 Å². The summed E-state index contributed by atoms with van der Waals surface area (Å²) >= 11 is 0. The number of amides is 1. The first-order valence-corrected chi connectivity index (χ1v) is 3.39. The zero-order chi connectivity index (χ0) is 9.14. The molecule has 1 heterocycles. The molecular weight excluding hydrogens is 158 g/mol. The van der Waals surface area contributed by atoms with Crippen molar-refractivity contribution in [3.05, 3.63) is 17.7 Å². The maximum absolute atomic E-state index is 11.0. The second-order valence-corrected chi connectivity index (χ2v) is 2.24. The summed E-state index contributed by atoms with van der Waals surface area (Å²) in [4.78, 5) is 18.4. The number of aromatic hydroxyl groups is 1. The number of carbonyl (C=O) groups excluding carboxylic acids is 1. The monoisotopic (exact) mass is 167 g/mol. The van der Waals surface area contributed by atoms with Crippen molar-refractivity contribution < 1.29 is 9.90 Å². The maximum atomic E-state index is 11.0. The average Bonchev–Trinajstić information content (AvgIpc) is 2.08. The summed E-state index contributed by atoms with van der Waals surface area (Å²) in [5.41, 5.74) is 0.397. The van der Waals surface area contributed by atoms with Crippen LogP contribution in [0.2, 0.25) is 0 Å². The van der Waals surface area contributed by atoms with Gasteiger partial charge in [0.1, 0.15) is 6.33 Å². The van der Waals surface area contributed by atoms with Crippen molar-refractivity contribution in [2.45, 2.75) is 6.92 Å². The number of rotatable bonds is 1. The summed E-state index contributed by atoms with van der Waals surface area (Å²) in [6.45, 7) is 1.60. The van der Waals surface area contributed by atoms with Gasteiger partial charge >= 0.3 is 0 Å². The average molecular weight is 167 g/mol. The lowest BCUT2D eigenvalue weighted by atomic mass is 10.3. The van der Waals surface area contributed by atoms with Gasteiger partial charge in [0.2, 0.25) is 0 Å². The molecule has 1 aromatic rings. The largest absolute Gasteiger partial charge is 0.504 e. The molecule has 0 aliphatic heterocycles. The van der Waals surface area contributed by atoms with Gasteiger partial charge in [-0.2, -0.15) is 0 Å². The molecule has 0 aliphatic rings. The molecule has 64 valence electrons. The topological polar surface area (TPSA) is 75.1 Å². The van der Waals surface area contributed by atoms with E-state index in [1.54, 1.807) is 6.92 Å². The van der Waals surface area contributed by atoms with Gasteiger partial charge in [0, 0.05) is 7.05 Å². The van der Waals surface area contributed by atoms with Crippen molar-refractivity contribution in [2.24, 2.45) is 0 Å². The third kappa shape index (κ3) is 1.34. The Morgan fingerprint density at radius 2 is 2.25 bits per heavy atom. The van der Waals surface area contributed by atoms with Gasteiger partial charge in [-0.1, -0.05) is 0 Å². The predicted molar refractivity (Wildman–Crippen MR) is 41.8 cm³/mol. The zero-order valence-electron chi connectivity index (χ0n) is 6.83. The number of aryl methyl sites for hydroxylation is 1. The van der Waals surface area contributed by atoms with Gasteiger partial charge in [0.25, 0.3) is 5.91 Å². The van der Waals surface area contributed by atoms with Crippen molar-refractivity contribution in [1.29, 1.82) is 0 Å². The Labute approximate surface area is 69.5 Å². The first kappa shape index (κ1) is 8.45. The number of nitrogens with zero attached hydrogens (tertiary/aromatic N) is 2. The molecule has 0 saturated carbocycles. The van der Waals surface area contributed by atoms with Gasteiger partial charge in [0.05, 0.1) is 5.69 Å². The normalized spacial score (nSPS) is 9.50. The molecule has 12 heavy (non-hydrogen) atoms. The van der Waals surface area contributed by atoms with Crippen molar-refractivity contribution >= 4 is 5.91 Å². The quantitative estimate of drug-likeness (QED) is 0.610. The molecular formula is C7H9N3O2. The van der Waals surface area contributed by atoms with Gasteiger partial charge in [-0.3, -0.25) is 4.79 Å². The van der Waals surface area contributed by atoms with Crippen molar-refractivity contribution in [3.8, 4) is 5.75 Å². The highest BCUT2D eigenvalue weighted by molar-refractivity contribution is 5.94. The van der Waals surface area contributed by atoms with Crippen LogP contribution in [0.25, 0.3) is 0 Å². The second kappa shape index (κ2) is 3.17. The van der Waals surface area contributed by atoms with E-state index in [4.69, 9.17) is 0 Å². The van der Waals surface area contributed by atoms with E-state index in [0.717, 1.165) is 0 Å². The predicted octanol–water partition coefficient (Wildman–Crippen LogP) is -0.150. The van der Waals surface area contributed by atoms with Gasteiger partial charge in [-0.25, -0.2) is 9.97 Å². The van der Waals surface area contributed by atoms with Crippen LogP contribution in [0.4, 0.5) is 0 Å². The molecule has 5 nitrogen and oxygen atoms in total. The number of nitrogens with one attached hydrogen (secondary N) is 1. The summed E-state index contributed by atoms with van der Waals surface area (Å²) in [6.07, 6.45) is 1.24. The molecule has 0 saturated heterocycles. The van der Waals surface area contributed by atoms with Crippen LogP contribution < -0.4 is 5.32 Å². The Kier molecular flexibility index (Phi) is 2.23. The van der Waals surface area contributed by atoms with Crippen LogP contribution >= 0.6 is 0 Å². The Morgan fingerprint density at radius 1 is 1.58 bits per heavy atom. The van der Waals surface area contributed by atoms with E-state index in [9.17, 15) is 9.90 Å². The minimum absolute atomic E-state index is 0.00463. The summed E-state index contributed by atoms with van der Waals surface area (Å²) < 4.78 is 0. The third-order valence-corrected chi connectivity index (χ3v) is 1.45. The zero-order valence-corrected chi connectivity index (χ0v) is 6.83. The smallest absolute Gasteiger partial charge is 0.273 e. The van der Waals surface area contributed by atoms with Crippen LogP contribution in [0.15, 0.2) is 6.33 Å². The SMILES string of the molecule is CNC(=O)c1ncnc(C)c1O. The van der Waals surface area contributed by atoms with Crippen LogP contribution in [-0.4, -0.2) is 28.0 Å². The van der Waals surface area contributed by atoms with Gasteiger partial charge < -0.3 is 10.4 Å². The highest BCUT2D eigenvalue weighted by atomic mass is 16.3. The Bertz CT molecular complexity index is 312. The highest BCUT2D eigenvalue weighted by Crippen LogP contribution is 2.15. The van der Waals surface area contributed by atoms with Crippen LogP contribution in [0, 0.1) is 6.92 Å². The Morgan fingerprint density at radius 3 is 2.83 bits per heavy atom. The number of aromatic nitrogens is 2. The molecule has 1 rings (SSSR count). The minimum Gasteiger partial charge on any atom is -0.504 e. The summed E-state index contributed by atoms with van der Waals surface area (Å²) in [6, 6.07) is 0. The number of hydrogen-bond donors (Lipinski definition) is 2. The van der Waals surface area contributed by atoms with E-state index in [0.29, 0.717) is 5.69 Å². The second-order valence-electron chi connectivity index (χ2n) is 2.24. The molecule has 0 bridgehead atoms. The fourth-order valence-electron chi connectivity index (χ4n) is 0.751. The molecule has 1 aromatic heterocycles. The molecule has 5 heteroatoms. The van der Waals surface area contributed by atoms with Crippen LogP contribution in [0.3, 0.4) is 0 Å². The van der Waals surface area contributed by atoms with E-state index < -0.39 is 5.91 Å². The lowest BCUT2D eigenvalue weighted by Gasteiger charge is -2.02. The molecule has 0 aliphatic carbocycles. The van der Waals surface area contributed by atoms with Crippen LogP contribution in [-0.2, 0) is 0 Å². The van der Waals surface area contributed by atoms with E-state index in [1.807, 2.05) is 0 Å². The first-order chi connectivity index (χ1) is 5.66. The molecule has 2 N–H and O–H groups in total. The molecule has 0 unspecified atom stereocenters. The minimum atomic E-state index is -0.419. The fraction of sp³-hybridized carbons (Fsp3) is 0.286. The van der Waals surface area contributed by atoms with Gasteiger partial charge in [-0.05, 0) is 6.92 Å². The van der Waals surface area contributed by atoms with Crippen molar-refractivity contribution in [2.75, 3.05) is 7.05 Å². The molecule has 0 atom stereocenters. The highest BCUT2D eigenvalue weighted by Gasteiger charge is 2.12.